The Morgan fingerprint density at radius 2 is 1.65 bits per heavy atom. The van der Waals surface area contributed by atoms with Gasteiger partial charge in [0.25, 0.3) is 0 Å². The molecule has 0 aromatic rings. The maximum absolute atomic E-state index is 11.4. The molecule has 1 unspecified atom stereocenters. The molecule has 0 aromatic carbocycles. The van der Waals surface area contributed by atoms with Crippen LogP contribution in [-0.4, -0.2) is 12.1 Å². The Kier molecular flexibility index (Phi) is 10.9. The predicted molar refractivity (Wildman–Crippen MR) is 70.6 cm³/mol. The van der Waals surface area contributed by atoms with Crippen LogP contribution in [0.4, 0.5) is 0 Å². The summed E-state index contributed by atoms with van der Waals surface area (Å²) in [5.74, 6) is -0.0509. The van der Waals surface area contributed by atoms with Gasteiger partial charge in [-0.3, -0.25) is 4.79 Å². The molecule has 0 heterocycles. The molecule has 0 saturated carbocycles. The molecule has 0 saturated heterocycles. The molecule has 0 rings (SSSR count). The van der Waals surface area contributed by atoms with Crippen LogP contribution in [-0.2, 0) is 4.79 Å². The van der Waals surface area contributed by atoms with Gasteiger partial charge in [0, 0.05) is 6.42 Å². The molecule has 0 bridgehead atoms. The van der Waals surface area contributed by atoms with E-state index in [9.17, 15) is 9.70 Å². The Labute approximate surface area is 105 Å². The smallest absolute Gasteiger partial charge is 0.221 e. The molecule has 1 amide bonds. The number of carbonyl (C=O) groups excluding carboxylic acids is 1. The molecule has 0 spiro atoms. The minimum absolute atomic E-state index is 0.0509. The number of carbonyl (C=O) groups is 1. The van der Waals surface area contributed by atoms with Crippen LogP contribution in [0.15, 0.2) is 5.18 Å². The molecular formula is C13H26N2O2. The minimum Gasteiger partial charge on any atom is -0.331 e. The van der Waals surface area contributed by atoms with Crippen LogP contribution in [0.25, 0.3) is 0 Å². The van der Waals surface area contributed by atoms with Gasteiger partial charge in [-0.2, -0.15) is 0 Å². The summed E-state index contributed by atoms with van der Waals surface area (Å²) in [7, 11) is 0. The molecule has 1 N–H and O–H groups in total. The van der Waals surface area contributed by atoms with Crippen molar-refractivity contribution in [2.24, 2.45) is 5.18 Å². The Hall–Kier alpha value is -0.930. The van der Waals surface area contributed by atoms with Crippen LogP contribution in [0, 0.1) is 4.91 Å². The lowest BCUT2D eigenvalue weighted by atomic mass is 10.1. The van der Waals surface area contributed by atoms with Crippen LogP contribution in [0.5, 0.6) is 0 Å². The highest BCUT2D eigenvalue weighted by Gasteiger charge is 2.08. The molecule has 0 radical (unpaired) electrons. The first-order chi connectivity index (χ1) is 8.24. The Bertz CT molecular complexity index is 208. The summed E-state index contributed by atoms with van der Waals surface area (Å²) in [5, 5.41) is 5.45. The van der Waals surface area contributed by atoms with Crippen LogP contribution in [0.1, 0.15) is 71.6 Å². The van der Waals surface area contributed by atoms with Crippen molar-refractivity contribution in [3.63, 3.8) is 0 Å². The van der Waals surface area contributed by atoms with E-state index in [0.29, 0.717) is 12.8 Å². The van der Waals surface area contributed by atoms with E-state index in [0.717, 1.165) is 12.8 Å². The zero-order valence-electron chi connectivity index (χ0n) is 11.2. The van der Waals surface area contributed by atoms with Crippen molar-refractivity contribution in [2.75, 3.05) is 0 Å². The van der Waals surface area contributed by atoms with E-state index < -0.39 is 6.17 Å². The second-order valence-electron chi connectivity index (χ2n) is 4.47. The summed E-state index contributed by atoms with van der Waals surface area (Å²) in [6.07, 6.45) is 8.88. The first-order valence-electron chi connectivity index (χ1n) is 6.86. The van der Waals surface area contributed by atoms with Crippen LogP contribution in [0.2, 0.25) is 0 Å². The Morgan fingerprint density at radius 3 is 2.18 bits per heavy atom. The third-order valence-electron chi connectivity index (χ3n) is 2.85. The average molecular weight is 242 g/mol. The lowest BCUT2D eigenvalue weighted by Crippen LogP contribution is -2.32. The zero-order valence-corrected chi connectivity index (χ0v) is 11.2. The fraction of sp³-hybridized carbons (Fsp3) is 0.923. The van der Waals surface area contributed by atoms with Gasteiger partial charge in [0.05, 0.1) is 0 Å². The van der Waals surface area contributed by atoms with Gasteiger partial charge >= 0.3 is 0 Å². The van der Waals surface area contributed by atoms with E-state index in [2.05, 4.69) is 17.4 Å². The largest absolute Gasteiger partial charge is 0.331 e. The number of hydrogen-bond acceptors (Lipinski definition) is 3. The molecule has 100 valence electrons. The average Bonchev–Trinajstić information content (AvgIpc) is 2.34. The first kappa shape index (κ1) is 16.1. The highest BCUT2D eigenvalue weighted by atomic mass is 16.3. The number of nitrogens with one attached hydrogen (secondary N) is 1. The molecule has 17 heavy (non-hydrogen) atoms. The number of amides is 1. The molecule has 0 fully saturated rings. The van der Waals surface area contributed by atoms with E-state index in [1.807, 2.05) is 6.92 Å². The summed E-state index contributed by atoms with van der Waals surface area (Å²) in [6.45, 7) is 4.04. The van der Waals surface area contributed by atoms with E-state index >= 15 is 0 Å². The molecule has 0 aliphatic heterocycles. The lowest BCUT2D eigenvalue weighted by Gasteiger charge is -2.08. The van der Waals surface area contributed by atoms with Crippen molar-refractivity contribution < 1.29 is 4.79 Å². The van der Waals surface area contributed by atoms with E-state index in [1.54, 1.807) is 0 Å². The molecule has 4 nitrogen and oxygen atoms in total. The van der Waals surface area contributed by atoms with Gasteiger partial charge in [-0.15, -0.1) is 4.91 Å². The molecule has 1 atom stereocenters. The van der Waals surface area contributed by atoms with Gasteiger partial charge in [0.1, 0.15) is 0 Å². The van der Waals surface area contributed by atoms with E-state index in [-0.39, 0.29) is 5.91 Å². The molecule has 4 heteroatoms. The fourth-order valence-corrected chi connectivity index (χ4v) is 1.70. The first-order valence-corrected chi connectivity index (χ1v) is 6.86. The van der Waals surface area contributed by atoms with Gasteiger partial charge in [0.15, 0.2) is 6.17 Å². The standard InChI is InChI=1S/C13H26N2O2/c1-3-5-6-7-8-9-10-11-13(16)14-12(4-2)15-17/h12H,3-11H2,1-2H3,(H,14,16). The van der Waals surface area contributed by atoms with Crippen LogP contribution in [0.3, 0.4) is 0 Å². The molecular weight excluding hydrogens is 216 g/mol. The molecule has 0 aromatic heterocycles. The van der Waals surface area contributed by atoms with Crippen molar-refractivity contribution in [3.05, 3.63) is 4.91 Å². The number of nitroso groups, excluding NO2 is 1. The second-order valence-corrected chi connectivity index (χ2v) is 4.47. The predicted octanol–water partition coefficient (Wildman–Crippen LogP) is 3.75. The van der Waals surface area contributed by atoms with Crippen molar-refractivity contribution >= 4 is 5.91 Å². The van der Waals surface area contributed by atoms with Gasteiger partial charge in [0.2, 0.25) is 5.91 Å². The third-order valence-corrected chi connectivity index (χ3v) is 2.85. The number of nitrogens with zero attached hydrogens (tertiary/aromatic N) is 1. The number of unbranched alkanes of at least 4 members (excludes halogenated alkanes) is 6. The van der Waals surface area contributed by atoms with Gasteiger partial charge in [-0.1, -0.05) is 52.4 Å². The number of rotatable bonds is 11. The van der Waals surface area contributed by atoms with Crippen LogP contribution < -0.4 is 5.32 Å². The van der Waals surface area contributed by atoms with Gasteiger partial charge in [-0.05, 0) is 18.0 Å². The minimum atomic E-state index is -0.549. The highest BCUT2D eigenvalue weighted by molar-refractivity contribution is 5.76. The molecule has 0 aliphatic rings. The topological polar surface area (TPSA) is 58.5 Å². The maximum Gasteiger partial charge on any atom is 0.221 e. The number of hydrogen-bond donors (Lipinski definition) is 1. The lowest BCUT2D eigenvalue weighted by molar-refractivity contribution is -0.121. The second kappa shape index (κ2) is 11.6. The maximum atomic E-state index is 11.4. The summed E-state index contributed by atoms with van der Waals surface area (Å²) < 4.78 is 0. The van der Waals surface area contributed by atoms with E-state index in [1.165, 1.54) is 32.1 Å². The highest BCUT2D eigenvalue weighted by Crippen LogP contribution is 2.08. The molecule has 0 aliphatic carbocycles. The van der Waals surface area contributed by atoms with Crippen molar-refractivity contribution in [2.45, 2.75) is 77.8 Å². The van der Waals surface area contributed by atoms with E-state index in [4.69, 9.17) is 0 Å². The SMILES string of the molecule is CCCCCCCCCC(=O)NC(CC)N=O. The third kappa shape index (κ3) is 9.97. The fourth-order valence-electron chi connectivity index (χ4n) is 1.70. The van der Waals surface area contributed by atoms with Crippen molar-refractivity contribution in [1.29, 1.82) is 0 Å². The Morgan fingerprint density at radius 1 is 1.06 bits per heavy atom. The Balaban J connectivity index is 3.36. The normalized spacial score (nSPS) is 12.1. The summed E-state index contributed by atoms with van der Waals surface area (Å²) >= 11 is 0. The van der Waals surface area contributed by atoms with Crippen LogP contribution >= 0.6 is 0 Å². The zero-order chi connectivity index (χ0) is 12.9. The van der Waals surface area contributed by atoms with Gasteiger partial charge < -0.3 is 5.32 Å². The summed E-state index contributed by atoms with van der Waals surface area (Å²) in [5.41, 5.74) is 0. The van der Waals surface area contributed by atoms with Gasteiger partial charge in [-0.25, -0.2) is 0 Å². The summed E-state index contributed by atoms with van der Waals surface area (Å²) in [6, 6.07) is 0. The van der Waals surface area contributed by atoms with Crippen molar-refractivity contribution in [3.8, 4) is 0 Å². The monoisotopic (exact) mass is 242 g/mol. The van der Waals surface area contributed by atoms with Crippen molar-refractivity contribution in [1.82, 2.24) is 5.32 Å². The summed E-state index contributed by atoms with van der Waals surface area (Å²) in [4.78, 5) is 21.7. The quantitative estimate of drug-likeness (QED) is 0.443.